The zero-order chi connectivity index (χ0) is 20.6. The molecule has 2 fully saturated rings. The third-order valence-electron chi connectivity index (χ3n) is 5.71. The lowest BCUT2D eigenvalue weighted by Crippen LogP contribution is -2.35. The Morgan fingerprint density at radius 1 is 1.17 bits per heavy atom. The van der Waals surface area contributed by atoms with Crippen LogP contribution in [0.25, 0.3) is 0 Å². The van der Waals surface area contributed by atoms with Crippen molar-refractivity contribution in [3.63, 3.8) is 0 Å². The molecule has 29 heavy (non-hydrogen) atoms. The number of carbonyl (C=O) groups excluding carboxylic acids is 1. The van der Waals surface area contributed by atoms with Gasteiger partial charge in [0.15, 0.2) is 0 Å². The molecule has 1 aromatic heterocycles. The molecular formula is C21H25N3O4S. The SMILES string of the molecule is Cc1cc(C)cc(S(=O)(=O)N2C[C@@H]3[C@@H](CNC(=O)c4ccncc4)CO[C@@H]3C2)c1. The van der Waals surface area contributed by atoms with Crippen molar-refractivity contribution in [2.45, 2.75) is 24.8 Å². The highest BCUT2D eigenvalue weighted by atomic mass is 32.2. The zero-order valence-corrected chi connectivity index (χ0v) is 17.4. The second kappa shape index (κ2) is 7.85. The first-order valence-corrected chi connectivity index (χ1v) is 11.2. The largest absolute Gasteiger partial charge is 0.376 e. The number of benzene rings is 1. The van der Waals surface area contributed by atoms with Crippen LogP contribution < -0.4 is 5.32 Å². The molecule has 154 valence electrons. The summed E-state index contributed by atoms with van der Waals surface area (Å²) >= 11 is 0. The first-order valence-electron chi connectivity index (χ1n) is 9.73. The van der Waals surface area contributed by atoms with Gasteiger partial charge in [-0.3, -0.25) is 9.78 Å². The maximum absolute atomic E-state index is 13.1. The van der Waals surface area contributed by atoms with Crippen LogP contribution in [0.2, 0.25) is 0 Å². The van der Waals surface area contributed by atoms with E-state index in [1.807, 2.05) is 19.9 Å². The Morgan fingerprint density at radius 3 is 2.55 bits per heavy atom. The van der Waals surface area contributed by atoms with E-state index in [0.717, 1.165) is 11.1 Å². The van der Waals surface area contributed by atoms with Crippen LogP contribution in [0.3, 0.4) is 0 Å². The van der Waals surface area contributed by atoms with Crippen molar-refractivity contribution >= 4 is 15.9 Å². The molecule has 0 radical (unpaired) electrons. The molecule has 1 aromatic carbocycles. The molecular weight excluding hydrogens is 390 g/mol. The van der Waals surface area contributed by atoms with Gasteiger partial charge in [-0.2, -0.15) is 4.31 Å². The Labute approximate surface area is 171 Å². The minimum absolute atomic E-state index is 0.0772. The number of aromatic nitrogens is 1. The summed E-state index contributed by atoms with van der Waals surface area (Å²) in [6.45, 7) is 5.55. The van der Waals surface area contributed by atoms with Gasteiger partial charge in [0.05, 0.1) is 17.6 Å². The fourth-order valence-electron chi connectivity index (χ4n) is 4.23. The van der Waals surface area contributed by atoms with E-state index >= 15 is 0 Å². The van der Waals surface area contributed by atoms with Crippen LogP contribution in [-0.2, 0) is 14.8 Å². The summed E-state index contributed by atoms with van der Waals surface area (Å²) in [4.78, 5) is 16.5. The van der Waals surface area contributed by atoms with Crippen molar-refractivity contribution in [3.05, 3.63) is 59.4 Å². The van der Waals surface area contributed by atoms with Crippen molar-refractivity contribution in [2.24, 2.45) is 11.8 Å². The Kier molecular flexibility index (Phi) is 5.42. The van der Waals surface area contributed by atoms with Crippen LogP contribution in [0.4, 0.5) is 0 Å². The molecule has 0 unspecified atom stereocenters. The number of nitrogens with zero attached hydrogens (tertiary/aromatic N) is 2. The quantitative estimate of drug-likeness (QED) is 0.804. The normalized spacial score (nSPS) is 24.4. The first kappa shape index (κ1) is 20.0. The van der Waals surface area contributed by atoms with E-state index < -0.39 is 10.0 Å². The summed E-state index contributed by atoms with van der Waals surface area (Å²) < 4.78 is 33.6. The van der Waals surface area contributed by atoms with Gasteiger partial charge in [-0.25, -0.2) is 8.42 Å². The molecule has 7 nitrogen and oxygen atoms in total. The number of hydrogen-bond donors (Lipinski definition) is 1. The Balaban J connectivity index is 1.42. The molecule has 2 aliphatic heterocycles. The predicted molar refractivity (Wildman–Crippen MR) is 108 cm³/mol. The monoisotopic (exact) mass is 415 g/mol. The standard InChI is InChI=1S/C21H25N3O4S/c1-14-7-15(2)9-18(8-14)29(26,27)24-11-19-17(13-28-20(19)12-24)10-23-21(25)16-3-5-22-6-4-16/h3-9,17,19-20H,10-13H2,1-2H3,(H,23,25)/t17-,19+,20+/m0/s1. The Bertz CT molecular complexity index is 990. The number of carbonyl (C=O) groups is 1. The van der Waals surface area contributed by atoms with Crippen LogP contribution in [0, 0.1) is 25.7 Å². The average molecular weight is 416 g/mol. The fourth-order valence-corrected chi connectivity index (χ4v) is 5.91. The maximum Gasteiger partial charge on any atom is 0.251 e. The number of rotatable bonds is 5. The number of nitrogens with one attached hydrogen (secondary N) is 1. The molecule has 0 spiro atoms. The van der Waals surface area contributed by atoms with Crippen molar-refractivity contribution in [1.29, 1.82) is 0 Å². The van der Waals surface area contributed by atoms with Crippen LogP contribution in [0.15, 0.2) is 47.6 Å². The van der Waals surface area contributed by atoms with Gasteiger partial charge >= 0.3 is 0 Å². The number of amides is 1. The van der Waals surface area contributed by atoms with Gasteiger partial charge in [0.1, 0.15) is 0 Å². The first-order chi connectivity index (χ1) is 13.8. The van der Waals surface area contributed by atoms with Crippen molar-refractivity contribution in [1.82, 2.24) is 14.6 Å². The summed E-state index contributed by atoms with van der Waals surface area (Å²) in [5.41, 5.74) is 2.41. The van der Waals surface area contributed by atoms with Crippen LogP contribution in [-0.4, -0.2) is 56.0 Å². The molecule has 2 aromatic rings. The predicted octanol–water partition coefficient (Wildman–Crippen LogP) is 1.76. The van der Waals surface area contributed by atoms with E-state index in [0.29, 0.717) is 36.7 Å². The number of aryl methyl sites for hydroxylation is 2. The van der Waals surface area contributed by atoms with Crippen LogP contribution in [0.5, 0.6) is 0 Å². The summed E-state index contributed by atoms with van der Waals surface area (Å²) in [6.07, 6.45) is 3.03. The van der Waals surface area contributed by atoms with Crippen LogP contribution >= 0.6 is 0 Å². The van der Waals surface area contributed by atoms with E-state index in [9.17, 15) is 13.2 Å². The average Bonchev–Trinajstić information content (AvgIpc) is 3.27. The van der Waals surface area contributed by atoms with E-state index in [1.54, 1.807) is 36.7 Å². The topological polar surface area (TPSA) is 88.6 Å². The summed E-state index contributed by atoms with van der Waals surface area (Å²) in [7, 11) is -3.56. The number of hydrogen-bond acceptors (Lipinski definition) is 5. The molecule has 0 bridgehead atoms. The number of sulfonamides is 1. The third kappa shape index (κ3) is 4.05. The van der Waals surface area contributed by atoms with Gasteiger partial charge < -0.3 is 10.1 Å². The van der Waals surface area contributed by atoms with E-state index in [4.69, 9.17) is 4.74 Å². The van der Waals surface area contributed by atoms with Crippen LogP contribution in [0.1, 0.15) is 21.5 Å². The molecule has 2 saturated heterocycles. The van der Waals surface area contributed by atoms with Crippen molar-refractivity contribution in [3.8, 4) is 0 Å². The minimum Gasteiger partial charge on any atom is -0.376 e. The molecule has 3 atom stereocenters. The van der Waals surface area contributed by atoms with E-state index in [-0.39, 0.29) is 23.8 Å². The molecule has 3 heterocycles. The number of pyridine rings is 1. The van der Waals surface area contributed by atoms with Gasteiger partial charge in [-0.05, 0) is 49.2 Å². The second-order valence-electron chi connectivity index (χ2n) is 7.89. The van der Waals surface area contributed by atoms with Crippen molar-refractivity contribution in [2.75, 3.05) is 26.2 Å². The molecule has 4 rings (SSSR count). The lowest BCUT2D eigenvalue weighted by molar-refractivity contribution is 0.0932. The van der Waals surface area contributed by atoms with E-state index in [2.05, 4.69) is 10.3 Å². The lowest BCUT2D eigenvalue weighted by Gasteiger charge is -2.20. The zero-order valence-electron chi connectivity index (χ0n) is 16.5. The number of fused-ring (bicyclic) bond motifs is 1. The van der Waals surface area contributed by atoms with Gasteiger partial charge in [0, 0.05) is 49.4 Å². The highest BCUT2D eigenvalue weighted by Gasteiger charge is 2.47. The molecule has 1 N–H and O–H groups in total. The Hall–Kier alpha value is -2.29. The molecule has 8 heteroatoms. The highest BCUT2D eigenvalue weighted by molar-refractivity contribution is 7.89. The van der Waals surface area contributed by atoms with Gasteiger partial charge in [-0.15, -0.1) is 0 Å². The lowest BCUT2D eigenvalue weighted by atomic mass is 9.93. The number of ether oxygens (including phenoxy) is 1. The Morgan fingerprint density at radius 2 is 1.86 bits per heavy atom. The minimum atomic E-state index is -3.56. The highest BCUT2D eigenvalue weighted by Crippen LogP contribution is 2.36. The fraction of sp³-hybridized carbons (Fsp3) is 0.429. The van der Waals surface area contributed by atoms with Gasteiger partial charge in [0.2, 0.25) is 10.0 Å². The summed E-state index contributed by atoms with van der Waals surface area (Å²) in [5, 5.41) is 2.94. The summed E-state index contributed by atoms with van der Waals surface area (Å²) in [6, 6.07) is 8.71. The van der Waals surface area contributed by atoms with Gasteiger partial charge in [0.25, 0.3) is 5.91 Å². The third-order valence-corrected chi connectivity index (χ3v) is 7.52. The molecule has 0 saturated carbocycles. The molecule has 0 aliphatic carbocycles. The second-order valence-corrected chi connectivity index (χ2v) is 9.83. The maximum atomic E-state index is 13.1. The van der Waals surface area contributed by atoms with Gasteiger partial charge in [-0.1, -0.05) is 6.07 Å². The van der Waals surface area contributed by atoms with E-state index in [1.165, 1.54) is 4.31 Å². The molecule has 1 amide bonds. The van der Waals surface area contributed by atoms with Crippen molar-refractivity contribution < 1.29 is 17.9 Å². The summed E-state index contributed by atoms with van der Waals surface area (Å²) in [5.74, 6) is 0.00668. The molecule has 2 aliphatic rings. The smallest absolute Gasteiger partial charge is 0.251 e.